The van der Waals surface area contributed by atoms with Gasteiger partial charge in [0.15, 0.2) is 0 Å². The lowest BCUT2D eigenvalue weighted by molar-refractivity contribution is 0.318. The average Bonchev–Trinajstić information content (AvgIpc) is 2.48. The first-order chi connectivity index (χ1) is 9.74. The van der Waals surface area contributed by atoms with E-state index in [1.807, 2.05) is 12.1 Å². The van der Waals surface area contributed by atoms with Crippen LogP contribution < -0.4 is 15.8 Å². The van der Waals surface area contributed by atoms with Crippen molar-refractivity contribution in [3.8, 4) is 5.75 Å². The molecule has 112 valence electrons. The number of nitrogens with one attached hydrogen (secondary N) is 1. The Hall–Kier alpha value is -1.38. The first kappa shape index (κ1) is 15.0. The third kappa shape index (κ3) is 3.81. The summed E-state index contributed by atoms with van der Waals surface area (Å²) in [6, 6.07) is 6.58. The molecule has 0 radical (unpaired) electrons. The minimum atomic E-state index is 0.553. The van der Waals surface area contributed by atoms with Gasteiger partial charge in [-0.2, -0.15) is 0 Å². The van der Waals surface area contributed by atoms with E-state index in [0.29, 0.717) is 6.04 Å². The van der Waals surface area contributed by atoms with E-state index in [2.05, 4.69) is 25.2 Å². The molecule has 3 nitrogen and oxygen atoms in total. The highest BCUT2D eigenvalue weighted by Crippen LogP contribution is 2.33. The average molecular weight is 276 g/mol. The standard InChI is InChI=1S/C17H28N2O/c1-3-11-20-16-10-6-9-15(17(16)18)19-14-8-5-7-13(4-2)12-14/h6,9-10,13-14,19H,3-5,7-8,11-12,18H2,1-2H3. The van der Waals surface area contributed by atoms with Crippen LogP contribution in [-0.2, 0) is 0 Å². The molecule has 0 aliphatic heterocycles. The molecule has 1 aliphatic carbocycles. The predicted octanol–water partition coefficient (Wildman–Crippen LogP) is 4.44. The molecule has 20 heavy (non-hydrogen) atoms. The van der Waals surface area contributed by atoms with Gasteiger partial charge in [0.05, 0.1) is 18.0 Å². The van der Waals surface area contributed by atoms with Crippen molar-refractivity contribution >= 4 is 11.4 Å². The van der Waals surface area contributed by atoms with Gasteiger partial charge in [0.2, 0.25) is 0 Å². The number of hydrogen-bond donors (Lipinski definition) is 2. The van der Waals surface area contributed by atoms with E-state index in [4.69, 9.17) is 10.5 Å². The monoisotopic (exact) mass is 276 g/mol. The van der Waals surface area contributed by atoms with Gasteiger partial charge in [0.1, 0.15) is 5.75 Å². The van der Waals surface area contributed by atoms with Gasteiger partial charge in [0.25, 0.3) is 0 Å². The van der Waals surface area contributed by atoms with Gasteiger partial charge in [-0.25, -0.2) is 0 Å². The largest absolute Gasteiger partial charge is 0.491 e. The Kier molecular flexibility index (Phi) is 5.57. The van der Waals surface area contributed by atoms with Crippen LogP contribution in [0.3, 0.4) is 0 Å². The minimum Gasteiger partial charge on any atom is -0.491 e. The van der Waals surface area contributed by atoms with Crippen LogP contribution in [0.15, 0.2) is 18.2 Å². The van der Waals surface area contributed by atoms with Crippen molar-refractivity contribution < 1.29 is 4.74 Å². The number of ether oxygens (including phenoxy) is 1. The van der Waals surface area contributed by atoms with Gasteiger partial charge in [-0.15, -0.1) is 0 Å². The van der Waals surface area contributed by atoms with Crippen LogP contribution in [-0.4, -0.2) is 12.6 Å². The zero-order valence-corrected chi connectivity index (χ0v) is 12.8. The first-order valence-electron chi connectivity index (χ1n) is 8.02. The highest BCUT2D eigenvalue weighted by Gasteiger charge is 2.21. The van der Waals surface area contributed by atoms with E-state index in [1.165, 1.54) is 32.1 Å². The Bertz CT molecular complexity index is 419. The second kappa shape index (κ2) is 7.41. The fraction of sp³-hybridized carbons (Fsp3) is 0.647. The summed E-state index contributed by atoms with van der Waals surface area (Å²) >= 11 is 0. The summed E-state index contributed by atoms with van der Waals surface area (Å²) in [6.45, 7) is 5.11. The highest BCUT2D eigenvalue weighted by molar-refractivity contribution is 5.73. The quantitative estimate of drug-likeness (QED) is 0.755. The molecule has 0 aromatic heterocycles. The van der Waals surface area contributed by atoms with Gasteiger partial charge in [-0.1, -0.05) is 39.2 Å². The Morgan fingerprint density at radius 1 is 1.30 bits per heavy atom. The lowest BCUT2D eigenvalue weighted by atomic mass is 9.84. The fourth-order valence-corrected chi connectivity index (χ4v) is 3.02. The van der Waals surface area contributed by atoms with Gasteiger partial charge < -0.3 is 15.8 Å². The topological polar surface area (TPSA) is 47.3 Å². The molecule has 1 saturated carbocycles. The van der Waals surface area contributed by atoms with Gasteiger partial charge in [0, 0.05) is 6.04 Å². The highest BCUT2D eigenvalue weighted by atomic mass is 16.5. The lowest BCUT2D eigenvalue weighted by Crippen LogP contribution is -2.27. The van der Waals surface area contributed by atoms with Crippen molar-refractivity contribution in [2.45, 2.75) is 58.4 Å². The van der Waals surface area contributed by atoms with Crippen LogP contribution in [0.5, 0.6) is 5.75 Å². The minimum absolute atomic E-state index is 0.553. The van der Waals surface area contributed by atoms with E-state index < -0.39 is 0 Å². The molecule has 2 atom stereocenters. The van der Waals surface area contributed by atoms with Crippen molar-refractivity contribution in [2.75, 3.05) is 17.7 Å². The third-order valence-corrected chi connectivity index (χ3v) is 4.25. The van der Waals surface area contributed by atoms with E-state index in [9.17, 15) is 0 Å². The van der Waals surface area contributed by atoms with Gasteiger partial charge in [-0.05, 0) is 37.3 Å². The first-order valence-corrected chi connectivity index (χ1v) is 8.02. The molecule has 2 unspecified atom stereocenters. The summed E-state index contributed by atoms with van der Waals surface area (Å²) < 4.78 is 5.69. The fourth-order valence-electron chi connectivity index (χ4n) is 3.02. The van der Waals surface area contributed by atoms with Crippen molar-refractivity contribution in [3.05, 3.63) is 18.2 Å². The molecule has 0 bridgehead atoms. The molecule has 0 spiro atoms. The summed E-state index contributed by atoms with van der Waals surface area (Å²) in [5.74, 6) is 1.67. The Labute approximate surface area is 122 Å². The maximum atomic E-state index is 6.22. The molecule has 1 aromatic rings. The Morgan fingerprint density at radius 3 is 2.90 bits per heavy atom. The van der Waals surface area contributed by atoms with Crippen molar-refractivity contribution in [1.82, 2.24) is 0 Å². The van der Waals surface area contributed by atoms with Gasteiger partial charge in [-0.3, -0.25) is 0 Å². The summed E-state index contributed by atoms with van der Waals surface area (Å²) in [5, 5.41) is 3.63. The number of rotatable bonds is 6. The van der Waals surface area contributed by atoms with Crippen molar-refractivity contribution in [1.29, 1.82) is 0 Å². The molecule has 1 aromatic carbocycles. The van der Waals surface area contributed by atoms with Crippen molar-refractivity contribution in [3.63, 3.8) is 0 Å². The van der Waals surface area contributed by atoms with Crippen LogP contribution in [0.4, 0.5) is 11.4 Å². The molecular formula is C17H28N2O. The third-order valence-electron chi connectivity index (χ3n) is 4.25. The molecular weight excluding hydrogens is 248 g/mol. The number of hydrogen-bond acceptors (Lipinski definition) is 3. The zero-order chi connectivity index (χ0) is 14.4. The zero-order valence-electron chi connectivity index (χ0n) is 12.8. The van der Waals surface area contributed by atoms with E-state index >= 15 is 0 Å². The normalized spacial score (nSPS) is 22.5. The maximum absolute atomic E-state index is 6.22. The lowest BCUT2D eigenvalue weighted by Gasteiger charge is -2.30. The second-order valence-corrected chi connectivity index (χ2v) is 5.85. The maximum Gasteiger partial charge on any atom is 0.144 e. The van der Waals surface area contributed by atoms with E-state index in [0.717, 1.165) is 36.1 Å². The van der Waals surface area contributed by atoms with Crippen LogP contribution >= 0.6 is 0 Å². The number of benzene rings is 1. The Balaban J connectivity index is 2.01. The van der Waals surface area contributed by atoms with Gasteiger partial charge >= 0.3 is 0 Å². The smallest absolute Gasteiger partial charge is 0.144 e. The number of nitrogen functional groups attached to an aromatic ring is 1. The predicted molar refractivity (Wildman–Crippen MR) is 86.3 cm³/mol. The number of nitrogens with two attached hydrogens (primary N) is 1. The molecule has 0 saturated heterocycles. The summed E-state index contributed by atoms with van der Waals surface area (Å²) in [4.78, 5) is 0. The van der Waals surface area contributed by atoms with Crippen LogP contribution in [0, 0.1) is 5.92 Å². The molecule has 0 heterocycles. The van der Waals surface area contributed by atoms with Crippen molar-refractivity contribution in [2.24, 2.45) is 5.92 Å². The molecule has 1 aliphatic rings. The van der Waals surface area contributed by atoms with Crippen LogP contribution in [0.2, 0.25) is 0 Å². The Morgan fingerprint density at radius 2 is 2.15 bits per heavy atom. The molecule has 0 amide bonds. The molecule has 2 rings (SSSR count). The summed E-state index contributed by atoms with van der Waals surface area (Å²) in [5.41, 5.74) is 8.00. The van der Waals surface area contributed by atoms with E-state index in [-0.39, 0.29) is 0 Å². The molecule has 3 N–H and O–H groups in total. The molecule has 1 fully saturated rings. The second-order valence-electron chi connectivity index (χ2n) is 5.85. The number of anilines is 2. The van der Waals surface area contributed by atoms with Crippen LogP contribution in [0.25, 0.3) is 0 Å². The number of para-hydroxylation sites is 1. The summed E-state index contributed by atoms with van der Waals surface area (Å²) in [6.07, 6.45) is 7.49. The SMILES string of the molecule is CCCOc1cccc(NC2CCCC(CC)C2)c1N. The molecule has 3 heteroatoms. The van der Waals surface area contributed by atoms with Crippen LogP contribution in [0.1, 0.15) is 52.4 Å². The summed E-state index contributed by atoms with van der Waals surface area (Å²) in [7, 11) is 0. The van der Waals surface area contributed by atoms with E-state index in [1.54, 1.807) is 0 Å².